The highest BCUT2D eigenvalue weighted by molar-refractivity contribution is 8.00. The first-order chi connectivity index (χ1) is 19.5. The average molecular weight is 599 g/mol. The van der Waals surface area contributed by atoms with Crippen molar-refractivity contribution in [1.29, 1.82) is 5.26 Å². The van der Waals surface area contributed by atoms with Crippen LogP contribution in [0.4, 0.5) is 28.4 Å². The zero-order valence-corrected chi connectivity index (χ0v) is 22.5. The third-order valence-corrected chi connectivity index (χ3v) is 9.30. The molecule has 3 aliphatic rings. The van der Waals surface area contributed by atoms with Crippen molar-refractivity contribution in [2.45, 2.75) is 40.9 Å². The van der Waals surface area contributed by atoms with Crippen LogP contribution >= 0.6 is 23.1 Å². The highest BCUT2D eigenvalue weighted by Gasteiger charge is 2.60. The third kappa shape index (κ3) is 4.18. The van der Waals surface area contributed by atoms with Crippen LogP contribution < -0.4 is 16.0 Å². The summed E-state index contributed by atoms with van der Waals surface area (Å²) in [6.45, 7) is 0. The van der Waals surface area contributed by atoms with E-state index in [9.17, 15) is 32.4 Å². The van der Waals surface area contributed by atoms with Gasteiger partial charge in [0.25, 0.3) is 0 Å². The Morgan fingerprint density at radius 2 is 1.98 bits per heavy atom. The SMILES string of the molecule is N#CC1=C(N)N(c2nnc(SCc3cccc(C(F)(F)F)c3)s2)C2=C(C(=O)CCC2)[C@@]12C(=O)Nc1ccc(F)cc12. The van der Waals surface area contributed by atoms with E-state index in [4.69, 9.17) is 5.73 Å². The molecule has 14 heteroatoms. The lowest BCUT2D eigenvalue weighted by Gasteiger charge is -2.42. The molecule has 1 aromatic heterocycles. The van der Waals surface area contributed by atoms with E-state index in [1.54, 1.807) is 6.07 Å². The van der Waals surface area contributed by atoms with E-state index >= 15 is 0 Å². The molecule has 208 valence electrons. The Balaban J connectivity index is 1.41. The van der Waals surface area contributed by atoms with Crippen LogP contribution in [0, 0.1) is 17.1 Å². The number of fused-ring (bicyclic) bond motifs is 3. The molecule has 0 unspecified atom stereocenters. The molecule has 0 saturated heterocycles. The van der Waals surface area contributed by atoms with Crippen LogP contribution in [-0.4, -0.2) is 21.9 Å². The van der Waals surface area contributed by atoms with Crippen molar-refractivity contribution in [2.24, 2.45) is 5.73 Å². The number of nitrogens with one attached hydrogen (secondary N) is 1. The molecule has 0 fully saturated rings. The Bertz CT molecular complexity index is 1740. The lowest BCUT2D eigenvalue weighted by atomic mass is 9.64. The molecule has 2 aliphatic heterocycles. The molecule has 1 aliphatic carbocycles. The van der Waals surface area contributed by atoms with Crippen LogP contribution in [0.25, 0.3) is 0 Å². The predicted octanol–water partition coefficient (Wildman–Crippen LogP) is 5.40. The van der Waals surface area contributed by atoms with Gasteiger partial charge in [-0.05, 0) is 42.7 Å². The minimum absolute atomic E-state index is 0.0460. The number of benzene rings is 2. The van der Waals surface area contributed by atoms with Crippen molar-refractivity contribution in [3.05, 3.63) is 87.6 Å². The van der Waals surface area contributed by atoms with E-state index in [1.807, 2.05) is 6.07 Å². The number of halogens is 4. The second-order valence-electron chi connectivity index (χ2n) is 9.54. The topological polar surface area (TPSA) is 125 Å². The number of anilines is 2. The second kappa shape index (κ2) is 9.71. The van der Waals surface area contributed by atoms with Gasteiger partial charge in [-0.2, -0.15) is 18.4 Å². The van der Waals surface area contributed by atoms with E-state index in [1.165, 1.54) is 34.9 Å². The zero-order valence-electron chi connectivity index (χ0n) is 20.9. The van der Waals surface area contributed by atoms with Gasteiger partial charge in [0.15, 0.2) is 10.1 Å². The minimum atomic E-state index is -4.46. The number of amides is 1. The van der Waals surface area contributed by atoms with E-state index in [0.717, 1.165) is 29.5 Å². The highest BCUT2D eigenvalue weighted by atomic mass is 32.2. The van der Waals surface area contributed by atoms with E-state index in [-0.39, 0.29) is 51.3 Å². The van der Waals surface area contributed by atoms with Gasteiger partial charge in [-0.15, -0.1) is 10.2 Å². The van der Waals surface area contributed by atoms with Crippen molar-refractivity contribution in [3.8, 4) is 6.07 Å². The van der Waals surface area contributed by atoms with Crippen LogP contribution in [-0.2, 0) is 26.9 Å². The Morgan fingerprint density at radius 3 is 2.73 bits per heavy atom. The number of aromatic nitrogens is 2. The van der Waals surface area contributed by atoms with Crippen LogP contribution in [0.15, 0.2) is 69.5 Å². The molecule has 0 bridgehead atoms. The van der Waals surface area contributed by atoms with Crippen LogP contribution in [0.2, 0.25) is 0 Å². The summed E-state index contributed by atoms with van der Waals surface area (Å²) in [7, 11) is 0. The van der Waals surface area contributed by atoms with Crippen LogP contribution in [0.1, 0.15) is 36.0 Å². The lowest BCUT2D eigenvalue weighted by molar-refractivity contribution is -0.137. The van der Waals surface area contributed by atoms with Crippen molar-refractivity contribution >= 4 is 45.6 Å². The predicted molar refractivity (Wildman–Crippen MR) is 143 cm³/mol. The Morgan fingerprint density at radius 1 is 1.17 bits per heavy atom. The largest absolute Gasteiger partial charge is 0.416 e. The quantitative estimate of drug-likeness (QED) is 0.302. The van der Waals surface area contributed by atoms with Gasteiger partial charge >= 0.3 is 6.18 Å². The standard InChI is InChI=1S/C27H18F4N6O2S2/c28-15-7-8-18-16(10-15)26(23(39)34-18)17(11-32)22(33)37(19-5-2-6-20(38)21(19)26)24-35-36-25(41-24)40-12-13-3-1-4-14(9-13)27(29,30)31/h1,3-4,7-10H,2,5-6,12,33H2,(H,34,39)/t26-/m0/s1. The summed E-state index contributed by atoms with van der Waals surface area (Å²) in [4.78, 5) is 28.5. The third-order valence-electron chi connectivity index (χ3n) is 7.19. The number of nitriles is 1. The molecule has 2 aromatic carbocycles. The highest BCUT2D eigenvalue weighted by Crippen LogP contribution is 2.55. The molecule has 1 atom stereocenters. The van der Waals surface area contributed by atoms with E-state index < -0.39 is 28.9 Å². The number of hydrogen-bond donors (Lipinski definition) is 2. The average Bonchev–Trinajstić information content (AvgIpc) is 3.50. The molecule has 41 heavy (non-hydrogen) atoms. The van der Waals surface area contributed by atoms with Gasteiger partial charge in [0.05, 0.1) is 11.1 Å². The summed E-state index contributed by atoms with van der Waals surface area (Å²) < 4.78 is 54.1. The normalized spacial score (nSPS) is 20.3. The lowest BCUT2D eigenvalue weighted by Crippen LogP contribution is -2.50. The molecule has 0 saturated carbocycles. The van der Waals surface area contributed by atoms with Gasteiger partial charge in [0.2, 0.25) is 11.0 Å². The molecule has 3 N–H and O–H groups in total. The first-order valence-corrected chi connectivity index (χ1v) is 14.1. The number of ketones is 1. The maximum atomic E-state index is 14.4. The molecule has 8 nitrogen and oxygen atoms in total. The Labute approximate surface area is 238 Å². The smallest absolute Gasteiger partial charge is 0.384 e. The fraction of sp³-hybridized carbons (Fsp3) is 0.222. The maximum Gasteiger partial charge on any atom is 0.416 e. The Hall–Kier alpha value is -4.22. The van der Waals surface area contributed by atoms with Gasteiger partial charge < -0.3 is 11.1 Å². The maximum absolute atomic E-state index is 14.4. The summed E-state index contributed by atoms with van der Waals surface area (Å²) in [5, 5.41) is 21.5. The number of allylic oxidation sites excluding steroid dienone is 1. The molecule has 6 rings (SSSR count). The number of carbonyl (C=O) groups excluding carboxylic acids is 2. The molecule has 3 heterocycles. The number of nitrogens with two attached hydrogens (primary N) is 1. The van der Waals surface area contributed by atoms with Gasteiger partial charge in [0, 0.05) is 34.7 Å². The first kappa shape index (κ1) is 27.0. The molecule has 0 radical (unpaired) electrons. The molecular weight excluding hydrogens is 580 g/mol. The number of hydrogen-bond acceptors (Lipinski definition) is 9. The van der Waals surface area contributed by atoms with Gasteiger partial charge in [0.1, 0.15) is 23.1 Å². The molecular formula is C27H18F4N6O2S2. The number of alkyl halides is 3. The summed E-state index contributed by atoms with van der Waals surface area (Å²) in [6, 6.07) is 10.7. The summed E-state index contributed by atoms with van der Waals surface area (Å²) in [5.74, 6) is -1.64. The van der Waals surface area contributed by atoms with E-state index in [0.29, 0.717) is 28.4 Å². The number of rotatable bonds is 4. The monoisotopic (exact) mass is 598 g/mol. The molecule has 1 spiro atoms. The van der Waals surface area contributed by atoms with Gasteiger partial charge in [-0.3, -0.25) is 14.5 Å². The van der Waals surface area contributed by atoms with Gasteiger partial charge in [-0.1, -0.05) is 41.3 Å². The summed E-state index contributed by atoms with van der Waals surface area (Å²) >= 11 is 2.24. The zero-order chi connectivity index (χ0) is 29.1. The van der Waals surface area contributed by atoms with Crippen molar-refractivity contribution in [2.75, 3.05) is 10.2 Å². The number of thioether (sulfide) groups is 1. The van der Waals surface area contributed by atoms with Crippen molar-refractivity contribution < 1.29 is 27.2 Å². The van der Waals surface area contributed by atoms with Crippen molar-refractivity contribution in [1.82, 2.24) is 10.2 Å². The molecule has 3 aromatic rings. The second-order valence-corrected chi connectivity index (χ2v) is 11.7. The summed E-state index contributed by atoms with van der Waals surface area (Å²) in [5.41, 5.74) is 4.92. The first-order valence-electron chi connectivity index (χ1n) is 12.3. The number of Topliss-reactive ketones (excluding diaryl/α,β-unsaturated/α-hetero) is 1. The van der Waals surface area contributed by atoms with Crippen molar-refractivity contribution in [3.63, 3.8) is 0 Å². The fourth-order valence-electron chi connectivity index (χ4n) is 5.51. The van der Waals surface area contributed by atoms with Crippen LogP contribution in [0.3, 0.4) is 0 Å². The van der Waals surface area contributed by atoms with E-state index in [2.05, 4.69) is 15.5 Å². The Kier molecular flexibility index (Phi) is 6.39. The number of nitrogens with zero attached hydrogens (tertiary/aromatic N) is 4. The van der Waals surface area contributed by atoms with Gasteiger partial charge in [-0.25, -0.2) is 4.39 Å². The van der Waals surface area contributed by atoms with Crippen LogP contribution in [0.5, 0.6) is 0 Å². The number of carbonyl (C=O) groups is 2. The fourth-order valence-corrected chi connectivity index (χ4v) is 7.34. The summed E-state index contributed by atoms with van der Waals surface area (Å²) in [6.07, 6.45) is -3.56. The molecule has 1 amide bonds. The minimum Gasteiger partial charge on any atom is -0.384 e.